The molecule has 0 unspecified atom stereocenters. The molecule has 1 N–H and O–H groups in total. The van der Waals surface area contributed by atoms with Crippen molar-refractivity contribution in [1.29, 1.82) is 0 Å². The zero-order chi connectivity index (χ0) is 8.55. The normalized spacial score (nSPS) is 10.9. The summed E-state index contributed by atoms with van der Waals surface area (Å²) in [5.74, 6) is 0.541. The van der Waals surface area contributed by atoms with Crippen LogP contribution in [-0.2, 0) is 0 Å². The Kier molecular flexibility index (Phi) is 1.72. The Morgan fingerprint density at radius 2 is 2.33 bits per heavy atom. The van der Waals surface area contributed by atoms with E-state index in [0.29, 0.717) is 5.92 Å². The number of hydrogen-bond acceptors (Lipinski definition) is 1. The van der Waals surface area contributed by atoms with Crippen LogP contribution in [0.1, 0.15) is 25.4 Å². The van der Waals surface area contributed by atoms with E-state index in [0.717, 1.165) is 5.65 Å². The van der Waals surface area contributed by atoms with Crippen molar-refractivity contribution >= 4 is 17.8 Å². The fourth-order valence-corrected chi connectivity index (χ4v) is 1.29. The molecular formula is C9H11BN2. The molecule has 0 bridgehead atoms. The van der Waals surface area contributed by atoms with Crippen LogP contribution in [0.2, 0.25) is 0 Å². The first-order valence-electron chi connectivity index (χ1n) is 4.21. The van der Waals surface area contributed by atoms with Gasteiger partial charge in [0.25, 0.3) is 0 Å². The van der Waals surface area contributed by atoms with Crippen molar-refractivity contribution in [2.45, 2.75) is 19.8 Å². The third kappa shape index (κ3) is 1.15. The molecule has 0 aliphatic rings. The van der Waals surface area contributed by atoms with Gasteiger partial charge < -0.3 is 0 Å². The van der Waals surface area contributed by atoms with Crippen molar-refractivity contribution in [3.63, 3.8) is 0 Å². The van der Waals surface area contributed by atoms with E-state index in [9.17, 15) is 0 Å². The van der Waals surface area contributed by atoms with Crippen molar-refractivity contribution in [2.24, 2.45) is 0 Å². The molecule has 0 saturated carbocycles. The topological polar surface area (TPSA) is 28.7 Å². The molecule has 0 aliphatic heterocycles. The quantitative estimate of drug-likeness (QED) is 0.675. The maximum absolute atomic E-state index is 4.23. The molecule has 2 aromatic rings. The molecule has 0 radical (unpaired) electrons. The minimum atomic E-state index is 0.541. The molecule has 60 valence electrons. The van der Waals surface area contributed by atoms with E-state index >= 15 is 0 Å². The maximum atomic E-state index is 4.23. The van der Waals surface area contributed by atoms with Gasteiger partial charge in [-0.1, -0.05) is 0 Å². The fraction of sp³-hybridized carbons (Fsp3) is 0.333. The van der Waals surface area contributed by atoms with Gasteiger partial charge >= 0.3 is 71.5 Å². The van der Waals surface area contributed by atoms with Crippen LogP contribution in [0, 0.1) is 0 Å². The van der Waals surface area contributed by atoms with Gasteiger partial charge in [0.15, 0.2) is 0 Å². The summed E-state index contributed by atoms with van der Waals surface area (Å²) in [6, 6.07) is 4.03. The number of aromatic amines is 1. The van der Waals surface area contributed by atoms with E-state index in [-0.39, 0.29) is 0 Å². The van der Waals surface area contributed by atoms with Crippen molar-refractivity contribution in [3.05, 3.63) is 23.9 Å². The molecule has 2 rings (SSSR count). The molecule has 0 saturated heterocycles. The Morgan fingerprint density at radius 1 is 1.50 bits per heavy atom. The Morgan fingerprint density at radius 3 is 3.00 bits per heavy atom. The second-order valence-corrected chi connectivity index (χ2v) is 3.32. The number of rotatable bonds is 1. The molecule has 0 aliphatic carbocycles. The molecule has 0 amide bonds. The number of hydrogen-bond donors (Lipinski definition) is 1. The molecular weight excluding hydrogens is 147 g/mol. The Balaban J connectivity index is 2.62. The van der Waals surface area contributed by atoms with E-state index in [1.54, 1.807) is 0 Å². The average molecular weight is 158 g/mol. The number of nitrogens with one attached hydrogen (secondary N) is 1. The third-order valence-electron chi connectivity index (χ3n) is 2.03. The van der Waals surface area contributed by atoms with E-state index in [1.807, 2.05) is 12.3 Å². The van der Waals surface area contributed by atoms with Gasteiger partial charge in [-0.25, -0.2) is 0 Å². The van der Waals surface area contributed by atoms with E-state index in [2.05, 4.69) is 36.8 Å². The second kappa shape index (κ2) is 2.74. The predicted octanol–water partition coefficient (Wildman–Crippen LogP) is 2.02. The summed E-state index contributed by atoms with van der Waals surface area (Å²) < 4.78 is 0. The van der Waals surface area contributed by atoms with Crippen LogP contribution in [0.25, 0.3) is 10.9 Å². The van der Waals surface area contributed by atoms with Gasteiger partial charge in [-0.15, -0.1) is 0 Å². The van der Waals surface area contributed by atoms with Crippen LogP contribution in [0.5, 0.6) is 0 Å². The number of nitrogens with zero attached hydrogens (tertiary/aromatic N) is 1. The van der Waals surface area contributed by atoms with E-state index in [4.69, 9.17) is 0 Å². The Bertz CT molecular complexity index is 359. The van der Waals surface area contributed by atoms with Gasteiger partial charge in [-0.05, 0) is 0 Å². The third-order valence-corrected chi connectivity index (χ3v) is 2.03. The first kappa shape index (κ1) is 7.53. The first-order chi connectivity index (χ1) is 5.77. The summed E-state index contributed by atoms with van der Waals surface area (Å²) in [6.45, 7) is 6.50. The molecule has 2 heterocycles. The zero-order valence-corrected chi connectivity index (χ0v) is 7.33. The Labute approximate surface area is 72.2 Å². The van der Waals surface area contributed by atoms with Crippen LogP contribution in [0.15, 0.2) is 18.3 Å². The van der Waals surface area contributed by atoms with E-state index < -0.39 is 0 Å². The molecule has 0 atom stereocenters. The molecule has 0 fully saturated rings. The van der Waals surface area contributed by atoms with Crippen molar-refractivity contribution in [3.8, 4) is 0 Å². The molecule has 0 spiro atoms. The van der Waals surface area contributed by atoms with Gasteiger partial charge in [0, 0.05) is 0 Å². The monoisotopic (exact) mass is 158 g/mol. The standard InChI is InChI=1S/C9H11BN2/c1-6(2)8-10-7-4-3-5-11-9(7)12-8/h3-6H,1-2H3,(H,11,12). The minimum absolute atomic E-state index is 0.541. The molecule has 0 aromatic carbocycles. The predicted molar refractivity (Wildman–Crippen MR) is 51.5 cm³/mol. The zero-order valence-electron chi connectivity index (χ0n) is 7.33. The van der Waals surface area contributed by atoms with Gasteiger partial charge in [0.2, 0.25) is 0 Å². The van der Waals surface area contributed by atoms with Crippen LogP contribution in [-0.4, -0.2) is 16.9 Å². The van der Waals surface area contributed by atoms with Crippen molar-refractivity contribution < 1.29 is 0 Å². The molecule has 12 heavy (non-hydrogen) atoms. The average Bonchev–Trinajstić information content (AvgIpc) is 2.46. The van der Waals surface area contributed by atoms with Crippen LogP contribution >= 0.6 is 0 Å². The summed E-state index contributed by atoms with van der Waals surface area (Å²) in [6.07, 6.45) is 1.81. The van der Waals surface area contributed by atoms with Crippen LogP contribution < -0.4 is 0 Å². The number of fused-ring (bicyclic) bond motifs is 1. The molecule has 2 nitrogen and oxygen atoms in total. The Hall–Kier alpha value is -1.12. The van der Waals surface area contributed by atoms with Crippen LogP contribution in [0.3, 0.4) is 0 Å². The summed E-state index contributed by atoms with van der Waals surface area (Å²) in [5.41, 5.74) is 2.24. The number of H-pyrrole nitrogens is 1. The van der Waals surface area contributed by atoms with Crippen molar-refractivity contribution in [1.82, 2.24) is 9.97 Å². The molecule has 3 heteroatoms. The first-order valence-corrected chi connectivity index (χ1v) is 4.21. The second-order valence-electron chi connectivity index (χ2n) is 3.32. The number of aromatic nitrogens is 2. The van der Waals surface area contributed by atoms with Gasteiger partial charge in [0.1, 0.15) is 0 Å². The summed E-state index contributed by atoms with van der Waals surface area (Å²) in [4.78, 5) is 7.51. The van der Waals surface area contributed by atoms with Gasteiger partial charge in [-0.2, -0.15) is 0 Å². The summed E-state index contributed by atoms with van der Waals surface area (Å²) in [7, 11) is 0. The SMILES string of the molecule is CC(C)c1bc2cccnc2[nH]1. The summed E-state index contributed by atoms with van der Waals surface area (Å²) >= 11 is 0. The molecule has 2 aromatic heterocycles. The summed E-state index contributed by atoms with van der Waals surface area (Å²) in [5, 5.41) is 1.20. The van der Waals surface area contributed by atoms with Gasteiger partial charge in [-0.3, -0.25) is 0 Å². The van der Waals surface area contributed by atoms with E-state index in [1.165, 1.54) is 10.9 Å². The van der Waals surface area contributed by atoms with Gasteiger partial charge in [0.05, 0.1) is 0 Å². The fourth-order valence-electron chi connectivity index (χ4n) is 1.29. The van der Waals surface area contributed by atoms with Crippen molar-refractivity contribution in [2.75, 3.05) is 0 Å². The van der Waals surface area contributed by atoms with Crippen LogP contribution in [0.4, 0.5) is 0 Å². The number of pyridine rings is 1.